The van der Waals surface area contributed by atoms with E-state index in [0.29, 0.717) is 0 Å². The van der Waals surface area contributed by atoms with Crippen molar-refractivity contribution in [2.75, 3.05) is 0 Å². The first-order chi connectivity index (χ1) is 2.94. The Kier molecular flexibility index (Phi) is 4.77. The van der Waals surface area contributed by atoms with Crippen LogP contribution in [0.15, 0.2) is 0 Å². The van der Waals surface area contributed by atoms with E-state index >= 15 is 0 Å². The molecule has 0 radical (unpaired) electrons. The van der Waals surface area contributed by atoms with Gasteiger partial charge < -0.3 is 0 Å². The number of hydrogen-bond acceptors (Lipinski definition) is 2. The van der Waals surface area contributed by atoms with Crippen molar-refractivity contribution in [3.63, 3.8) is 0 Å². The molecule has 0 saturated carbocycles. The van der Waals surface area contributed by atoms with E-state index in [4.69, 9.17) is 0 Å². The Morgan fingerprint density at radius 2 is 1.50 bits per heavy atom. The maximum atomic E-state index is 10.8. The predicted octanol–water partition coefficient (Wildman–Crippen LogP) is -1.15. The second-order valence-electron chi connectivity index (χ2n) is 0.850. The molecule has 0 aromatic rings. The van der Waals surface area contributed by atoms with Gasteiger partial charge in [0.2, 0.25) is 0 Å². The molecule has 0 saturated heterocycles. The fourth-order valence-electron chi connectivity index (χ4n) is 0. The molecule has 46 valence electrons. The molecule has 0 aliphatic heterocycles. The van der Waals surface area contributed by atoms with E-state index in [9.17, 15) is 17.2 Å². The number of rotatable bonds is 1. The summed E-state index contributed by atoms with van der Waals surface area (Å²) in [5, 5.41) is 3.90. The topological polar surface area (TPSA) is 60.2 Å². The fraction of sp³-hybridized carbons (Fsp3) is 1.00. The van der Waals surface area contributed by atoms with Crippen molar-refractivity contribution in [2.24, 2.45) is 5.14 Å². The zero-order valence-electron chi connectivity index (χ0n) is 3.14. The summed E-state index contributed by atoms with van der Waals surface area (Å²) in [5.74, 6) is -3.45. The van der Waals surface area contributed by atoms with E-state index < -0.39 is 15.8 Å². The fourth-order valence-corrected chi connectivity index (χ4v) is 0. The Balaban J connectivity index is 0. The van der Waals surface area contributed by atoms with Gasteiger partial charge in [-0.1, -0.05) is 0 Å². The molecular weight excluding hydrogens is 135 g/mol. The molecule has 7 heteroatoms. The van der Waals surface area contributed by atoms with Crippen molar-refractivity contribution < 1.29 is 17.2 Å². The molecule has 0 aromatic carbocycles. The summed E-state index contributed by atoms with van der Waals surface area (Å²) < 4.78 is 40.4. The zero-order chi connectivity index (χ0) is 6.08. The molecule has 0 rings (SSSR count). The summed E-state index contributed by atoms with van der Waals surface area (Å²) in [5.41, 5.74) is 0. The van der Waals surface area contributed by atoms with E-state index in [2.05, 4.69) is 5.14 Å². The Hall–Kier alpha value is 0.367. The van der Waals surface area contributed by atoms with E-state index in [1.54, 1.807) is 0 Å². The Morgan fingerprint density at radius 1 is 1.38 bits per heavy atom. The van der Waals surface area contributed by atoms with Gasteiger partial charge >= 0.3 is 24.6 Å². The minimum atomic E-state index is -4.57. The van der Waals surface area contributed by atoms with Crippen LogP contribution >= 0.6 is 0 Å². The third-order valence-corrected chi connectivity index (χ3v) is 0.745. The van der Waals surface area contributed by atoms with Crippen LogP contribution in [0.3, 0.4) is 0 Å². The number of nitrogens with two attached hydrogens (primary N) is 1. The number of halogens is 2. The molecule has 0 bridgehead atoms. The van der Waals surface area contributed by atoms with Gasteiger partial charge in [-0.3, -0.25) is 0 Å². The first kappa shape index (κ1) is 11.2. The molecule has 0 unspecified atom stereocenters. The van der Waals surface area contributed by atoms with Gasteiger partial charge in [0, 0.05) is 0 Å². The summed E-state index contributed by atoms with van der Waals surface area (Å²) in [4.78, 5) is 0. The Labute approximate surface area is 57.5 Å². The third kappa shape index (κ3) is 4.52. The molecule has 0 spiro atoms. The summed E-state index contributed by atoms with van der Waals surface area (Å²) in [6.07, 6.45) is 0. The molecular formula is CH4F2LiNO2S. The van der Waals surface area contributed by atoms with Gasteiger partial charge in [-0.05, 0) is 0 Å². The number of sulfonamides is 1. The number of primary sulfonamides is 1. The maximum absolute atomic E-state index is 10.8. The summed E-state index contributed by atoms with van der Waals surface area (Å²) >= 11 is 0. The molecule has 0 amide bonds. The monoisotopic (exact) mass is 139 g/mol. The second kappa shape index (κ2) is 3.40. The van der Waals surface area contributed by atoms with E-state index in [1.807, 2.05) is 0 Å². The molecule has 0 aliphatic rings. The zero-order valence-corrected chi connectivity index (χ0v) is 3.95. The number of alkyl halides is 2. The quantitative estimate of drug-likeness (QED) is 0.466. The van der Waals surface area contributed by atoms with Crippen LogP contribution in [0.1, 0.15) is 0 Å². The van der Waals surface area contributed by atoms with E-state index in [1.165, 1.54) is 0 Å². The Bertz CT molecular complexity index is 142. The summed E-state index contributed by atoms with van der Waals surface area (Å²) in [7, 11) is -4.57. The SMILES string of the molecule is NS(=O)(=O)C(F)F.[LiH]. The number of hydrogen-bond donors (Lipinski definition) is 1. The average Bonchev–Trinajstić information content (AvgIpc) is 1.31. The van der Waals surface area contributed by atoms with Crippen molar-refractivity contribution in [1.82, 2.24) is 0 Å². The van der Waals surface area contributed by atoms with E-state index in [0.717, 1.165) is 0 Å². The standard InChI is InChI=1S/CH3F2NO2S.Li.H/c2-1(3)7(4,5)6;;/h1H,(H2,4,5,6);;. The molecule has 0 aliphatic carbocycles. The summed E-state index contributed by atoms with van der Waals surface area (Å²) in [6, 6.07) is 0. The minimum absolute atomic E-state index is 0. The first-order valence-corrected chi connectivity index (χ1v) is 2.85. The van der Waals surface area contributed by atoms with Crippen LogP contribution < -0.4 is 5.14 Å². The molecule has 0 heterocycles. The van der Waals surface area contributed by atoms with Gasteiger partial charge in [0.1, 0.15) is 0 Å². The van der Waals surface area contributed by atoms with Crippen molar-refractivity contribution >= 4 is 28.9 Å². The van der Waals surface area contributed by atoms with Gasteiger partial charge in [-0.25, -0.2) is 13.6 Å². The van der Waals surface area contributed by atoms with Gasteiger partial charge in [0.05, 0.1) is 0 Å². The third-order valence-electron chi connectivity index (χ3n) is 0.248. The van der Waals surface area contributed by atoms with Crippen LogP contribution in [-0.2, 0) is 10.0 Å². The van der Waals surface area contributed by atoms with Gasteiger partial charge in [0.15, 0.2) is 0 Å². The normalized spacial score (nSPS) is 11.0. The molecule has 0 fully saturated rings. The van der Waals surface area contributed by atoms with Crippen LogP contribution in [0.5, 0.6) is 0 Å². The predicted molar refractivity (Wildman–Crippen MR) is 26.3 cm³/mol. The van der Waals surface area contributed by atoms with Crippen molar-refractivity contribution in [3.05, 3.63) is 0 Å². The van der Waals surface area contributed by atoms with Gasteiger partial charge in [0.25, 0.3) is 10.0 Å². The molecule has 0 aromatic heterocycles. The first-order valence-electron chi connectivity index (χ1n) is 1.24. The van der Waals surface area contributed by atoms with Crippen molar-refractivity contribution in [2.45, 2.75) is 5.76 Å². The van der Waals surface area contributed by atoms with Gasteiger partial charge in [-0.2, -0.15) is 8.78 Å². The van der Waals surface area contributed by atoms with Crippen LogP contribution in [0, 0.1) is 0 Å². The van der Waals surface area contributed by atoms with Crippen LogP contribution in [0.2, 0.25) is 0 Å². The second-order valence-corrected chi connectivity index (χ2v) is 2.38. The molecule has 2 N–H and O–H groups in total. The van der Waals surface area contributed by atoms with Crippen LogP contribution in [0.4, 0.5) is 8.78 Å². The molecule has 3 nitrogen and oxygen atoms in total. The van der Waals surface area contributed by atoms with Crippen molar-refractivity contribution in [1.29, 1.82) is 0 Å². The van der Waals surface area contributed by atoms with Gasteiger partial charge in [-0.15, -0.1) is 0 Å². The molecule has 8 heavy (non-hydrogen) atoms. The van der Waals surface area contributed by atoms with Crippen LogP contribution in [-0.4, -0.2) is 33.0 Å². The van der Waals surface area contributed by atoms with E-state index in [-0.39, 0.29) is 18.9 Å². The Morgan fingerprint density at radius 3 is 1.50 bits per heavy atom. The summed E-state index contributed by atoms with van der Waals surface area (Å²) in [6.45, 7) is 0. The average molecular weight is 139 g/mol. The molecule has 0 atom stereocenters. The van der Waals surface area contributed by atoms with Crippen LogP contribution in [0.25, 0.3) is 0 Å². The van der Waals surface area contributed by atoms with Crippen molar-refractivity contribution in [3.8, 4) is 0 Å².